The number of carbonyl (C=O) groups excluding carboxylic acids is 4. The predicted octanol–water partition coefficient (Wildman–Crippen LogP) is 2.51. The first-order chi connectivity index (χ1) is 15.0. The second-order valence-electron chi connectivity index (χ2n) is 9.83. The van der Waals surface area contributed by atoms with Crippen LogP contribution in [-0.2, 0) is 19.1 Å². The lowest BCUT2D eigenvalue weighted by atomic mass is 9.99. The lowest BCUT2D eigenvalue weighted by Crippen LogP contribution is -2.54. The highest BCUT2D eigenvalue weighted by Gasteiger charge is 2.35. The smallest absolute Gasteiger partial charge is 0.408 e. The molecule has 182 valence electrons. The molecule has 2 atom stereocenters. The zero-order chi connectivity index (χ0) is 25.6. The van der Waals surface area contributed by atoms with Gasteiger partial charge in [0.15, 0.2) is 0 Å². The molecular weight excluding hydrogens is 424 g/mol. The maximum atomic E-state index is 13.4. The third-order valence-electron chi connectivity index (χ3n) is 4.34. The van der Waals surface area contributed by atoms with Crippen molar-refractivity contribution in [3.05, 3.63) is 42.0 Å². The number of nitrogens with two attached hydrogens (primary N) is 1. The monoisotopic (exact) mass is 460 g/mol. The van der Waals surface area contributed by atoms with E-state index in [2.05, 4.69) is 17.2 Å². The molecule has 0 spiro atoms. The highest BCUT2D eigenvalue weighted by atomic mass is 16.6. The molecule has 1 aromatic carbocycles. The van der Waals surface area contributed by atoms with E-state index in [9.17, 15) is 19.2 Å². The number of carbonyl (C=O) groups is 4. The van der Waals surface area contributed by atoms with E-state index in [0.29, 0.717) is 5.56 Å². The summed E-state index contributed by atoms with van der Waals surface area (Å²) in [7, 11) is 1.43. The van der Waals surface area contributed by atoms with Crippen LogP contribution in [0.2, 0.25) is 0 Å². The fourth-order valence-electron chi connectivity index (χ4n) is 3.07. The van der Waals surface area contributed by atoms with Gasteiger partial charge in [-0.25, -0.2) is 4.79 Å². The Kier molecular flexibility index (Phi) is 9.21. The van der Waals surface area contributed by atoms with Gasteiger partial charge in [-0.05, 0) is 58.7 Å². The van der Waals surface area contributed by atoms with Gasteiger partial charge in [-0.1, -0.05) is 30.9 Å². The second-order valence-corrected chi connectivity index (χ2v) is 9.83. The van der Waals surface area contributed by atoms with E-state index in [4.69, 9.17) is 10.5 Å². The summed E-state index contributed by atoms with van der Waals surface area (Å²) >= 11 is 0. The number of likely N-dealkylation sites (N-methyl/N-ethyl adjacent to an activating group) is 1. The molecule has 0 saturated heterocycles. The quantitative estimate of drug-likeness (QED) is 0.549. The molecule has 0 aromatic heterocycles. The molecule has 9 heteroatoms. The summed E-state index contributed by atoms with van der Waals surface area (Å²) in [5.41, 5.74) is 5.25. The molecule has 0 bridgehead atoms. The van der Waals surface area contributed by atoms with Crippen LogP contribution >= 0.6 is 0 Å². The Labute approximate surface area is 195 Å². The van der Waals surface area contributed by atoms with E-state index in [1.807, 2.05) is 26.8 Å². The van der Waals surface area contributed by atoms with Gasteiger partial charge in [0.05, 0.1) is 6.42 Å². The van der Waals surface area contributed by atoms with Crippen molar-refractivity contribution >= 4 is 29.9 Å². The summed E-state index contributed by atoms with van der Waals surface area (Å²) in [6.07, 6.45) is 0.298. The summed E-state index contributed by atoms with van der Waals surface area (Å²) in [6, 6.07) is 4.68. The van der Waals surface area contributed by atoms with Crippen LogP contribution in [0.4, 0.5) is 4.79 Å². The normalized spacial score (nSPS) is 13.3. The van der Waals surface area contributed by atoms with Crippen molar-refractivity contribution in [1.82, 2.24) is 15.5 Å². The molecule has 1 rings (SSSR count). The third kappa shape index (κ3) is 9.34. The third-order valence-corrected chi connectivity index (χ3v) is 4.34. The number of nitrogens with one attached hydrogen (secondary N) is 2. The lowest BCUT2D eigenvalue weighted by Gasteiger charge is -2.33. The maximum absolute atomic E-state index is 13.4. The minimum absolute atomic E-state index is 0.422. The zero-order valence-corrected chi connectivity index (χ0v) is 20.5. The van der Waals surface area contributed by atoms with Crippen molar-refractivity contribution in [2.75, 3.05) is 7.05 Å². The predicted molar refractivity (Wildman–Crippen MR) is 127 cm³/mol. The number of alkyl carbamates (subject to hydrolysis) is 1. The maximum Gasteiger partial charge on any atom is 0.408 e. The Morgan fingerprint density at radius 2 is 1.76 bits per heavy atom. The minimum Gasteiger partial charge on any atom is -0.444 e. The Hall–Kier alpha value is -3.36. The summed E-state index contributed by atoms with van der Waals surface area (Å²) < 4.78 is 5.21. The Morgan fingerprint density at radius 3 is 2.24 bits per heavy atom. The molecule has 4 amide bonds. The van der Waals surface area contributed by atoms with Crippen molar-refractivity contribution in [2.24, 2.45) is 5.73 Å². The molecule has 0 aliphatic rings. The zero-order valence-electron chi connectivity index (χ0n) is 20.5. The first-order valence-corrected chi connectivity index (χ1v) is 10.6. The fraction of sp³-hybridized carbons (Fsp3) is 0.500. The summed E-state index contributed by atoms with van der Waals surface area (Å²) in [5.74, 6) is -1.88. The number of hydrogen-bond acceptors (Lipinski definition) is 5. The largest absolute Gasteiger partial charge is 0.444 e. The van der Waals surface area contributed by atoms with Gasteiger partial charge in [0.1, 0.15) is 17.7 Å². The van der Waals surface area contributed by atoms with Gasteiger partial charge >= 0.3 is 6.09 Å². The number of amides is 4. The molecule has 0 saturated carbocycles. The Balaban J connectivity index is 3.34. The number of hydrogen-bond donors (Lipinski definition) is 3. The van der Waals surface area contributed by atoms with Crippen LogP contribution in [0.5, 0.6) is 0 Å². The van der Waals surface area contributed by atoms with Crippen LogP contribution in [0.1, 0.15) is 65.1 Å². The Bertz CT molecular complexity index is 899. The van der Waals surface area contributed by atoms with Gasteiger partial charge in [-0.15, -0.1) is 0 Å². The first-order valence-electron chi connectivity index (χ1n) is 10.6. The molecule has 2 unspecified atom stereocenters. The molecule has 0 aliphatic carbocycles. The number of ether oxygens (including phenoxy) is 1. The van der Waals surface area contributed by atoms with Crippen LogP contribution in [-0.4, -0.2) is 52.9 Å². The number of benzene rings is 1. The average molecular weight is 461 g/mol. The number of primary amides is 1. The first kappa shape index (κ1) is 27.7. The summed E-state index contributed by atoms with van der Waals surface area (Å²) in [6.45, 7) is 14.2. The van der Waals surface area contributed by atoms with Crippen LogP contribution in [0.3, 0.4) is 0 Å². The van der Waals surface area contributed by atoms with Crippen LogP contribution in [0, 0.1) is 0 Å². The number of nitrogens with zero attached hydrogens (tertiary/aromatic N) is 1. The van der Waals surface area contributed by atoms with Crippen molar-refractivity contribution in [1.29, 1.82) is 0 Å². The molecule has 33 heavy (non-hydrogen) atoms. The van der Waals surface area contributed by atoms with Gasteiger partial charge in [0.2, 0.25) is 17.7 Å². The number of rotatable bonds is 8. The summed E-state index contributed by atoms with van der Waals surface area (Å²) in [5, 5.41) is 5.28. The van der Waals surface area contributed by atoms with Crippen molar-refractivity contribution in [3.63, 3.8) is 0 Å². The van der Waals surface area contributed by atoms with E-state index in [1.54, 1.807) is 45.0 Å². The van der Waals surface area contributed by atoms with Gasteiger partial charge in [0.25, 0.3) is 0 Å². The summed E-state index contributed by atoms with van der Waals surface area (Å²) in [4.78, 5) is 51.7. The van der Waals surface area contributed by atoms with Gasteiger partial charge in [0, 0.05) is 12.6 Å². The SMILES string of the molecule is C=Cc1cccc(C(C(=O)NC(C)(C)C)N(C)C(=O)C(CC(N)=O)NC(=O)OC(C)(C)C)c1. The van der Waals surface area contributed by atoms with Crippen molar-refractivity contribution in [2.45, 2.75) is 71.2 Å². The molecule has 0 radical (unpaired) electrons. The molecule has 0 aliphatic heterocycles. The van der Waals surface area contributed by atoms with E-state index in [1.165, 1.54) is 11.9 Å². The molecule has 4 N–H and O–H groups in total. The van der Waals surface area contributed by atoms with Crippen LogP contribution in [0.15, 0.2) is 30.8 Å². The minimum atomic E-state index is -1.31. The average Bonchev–Trinajstić information content (AvgIpc) is 2.63. The Morgan fingerprint density at radius 1 is 1.15 bits per heavy atom. The van der Waals surface area contributed by atoms with Gasteiger partial charge < -0.3 is 26.0 Å². The second kappa shape index (κ2) is 11.0. The van der Waals surface area contributed by atoms with Crippen LogP contribution in [0.25, 0.3) is 6.08 Å². The fourth-order valence-corrected chi connectivity index (χ4v) is 3.07. The highest BCUT2D eigenvalue weighted by molar-refractivity contribution is 5.94. The van der Waals surface area contributed by atoms with E-state index < -0.39 is 53.5 Å². The van der Waals surface area contributed by atoms with Gasteiger partial charge in [-0.3, -0.25) is 14.4 Å². The van der Waals surface area contributed by atoms with Crippen molar-refractivity contribution < 1.29 is 23.9 Å². The lowest BCUT2D eigenvalue weighted by molar-refractivity contribution is -0.142. The van der Waals surface area contributed by atoms with E-state index in [-0.39, 0.29) is 0 Å². The molecule has 0 heterocycles. The molecule has 0 fully saturated rings. The van der Waals surface area contributed by atoms with Gasteiger partial charge in [-0.2, -0.15) is 0 Å². The molecule has 9 nitrogen and oxygen atoms in total. The molecule has 1 aromatic rings. The van der Waals surface area contributed by atoms with Crippen LogP contribution < -0.4 is 16.4 Å². The topological polar surface area (TPSA) is 131 Å². The highest BCUT2D eigenvalue weighted by Crippen LogP contribution is 2.24. The van der Waals surface area contributed by atoms with Crippen molar-refractivity contribution in [3.8, 4) is 0 Å². The van der Waals surface area contributed by atoms with E-state index in [0.717, 1.165) is 5.56 Å². The standard InChI is InChI=1S/C24H36N4O5/c1-9-15-11-10-12-16(13-15)19(20(30)27-23(2,3)4)28(8)21(31)17(14-18(25)29)26-22(32)33-24(5,6)7/h9-13,17,19H,1,14H2,2-8H3,(H2,25,29)(H,26,32)(H,27,30). The van der Waals surface area contributed by atoms with E-state index >= 15 is 0 Å². The molecular formula is C24H36N4O5.